The summed E-state index contributed by atoms with van der Waals surface area (Å²) in [5.41, 5.74) is 5.21. The van der Waals surface area contributed by atoms with Gasteiger partial charge in [0.15, 0.2) is 0 Å². The fraction of sp³-hybridized carbons (Fsp3) is 0.909. The van der Waals surface area contributed by atoms with E-state index in [9.17, 15) is 4.79 Å². The maximum Gasteiger partial charge on any atom is 0.224 e. The minimum absolute atomic E-state index is 0.121. The van der Waals surface area contributed by atoms with Gasteiger partial charge < -0.3 is 15.4 Å². The highest BCUT2D eigenvalue weighted by Crippen LogP contribution is 2.21. The molecule has 0 spiro atoms. The summed E-state index contributed by atoms with van der Waals surface area (Å²) in [6.45, 7) is 9.68. The molecule has 15 heavy (non-hydrogen) atoms. The Labute approximate surface area is 91.8 Å². The van der Waals surface area contributed by atoms with Gasteiger partial charge in [-0.1, -0.05) is 0 Å². The Morgan fingerprint density at radius 2 is 2.13 bits per heavy atom. The first kappa shape index (κ1) is 12.5. The number of amides is 1. The van der Waals surface area contributed by atoms with Crippen LogP contribution in [0, 0.1) is 0 Å². The van der Waals surface area contributed by atoms with Gasteiger partial charge in [0, 0.05) is 18.5 Å². The maximum absolute atomic E-state index is 12.0. The maximum atomic E-state index is 12.0. The van der Waals surface area contributed by atoms with Crippen molar-refractivity contribution in [1.29, 1.82) is 0 Å². The van der Waals surface area contributed by atoms with Crippen molar-refractivity contribution in [1.82, 2.24) is 4.90 Å². The Morgan fingerprint density at radius 1 is 1.53 bits per heavy atom. The largest absolute Gasteiger partial charge is 0.377 e. The van der Waals surface area contributed by atoms with Gasteiger partial charge in [-0.15, -0.1) is 0 Å². The molecule has 1 amide bonds. The molecule has 1 aliphatic heterocycles. The molecular weight excluding hydrogens is 192 g/mol. The van der Waals surface area contributed by atoms with Crippen molar-refractivity contribution < 1.29 is 9.53 Å². The van der Waals surface area contributed by atoms with Gasteiger partial charge in [-0.3, -0.25) is 4.79 Å². The highest BCUT2D eigenvalue weighted by atomic mass is 16.5. The summed E-state index contributed by atoms with van der Waals surface area (Å²) in [6, 6.07) is 0. The average Bonchev–Trinajstić information content (AvgIpc) is 1.99. The van der Waals surface area contributed by atoms with Gasteiger partial charge in [0.05, 0.1) is 18.8 Å². The number of carbonyl (C=O) groups is 1. The third-order valence-electron chi connectivity index (χ3n) is 2.55. The van der Waals surface area contributed by atoms with Crippen LogP contribution in [0.25, 0.3) is 0 Å². The van der Waals surface area contributed by atoms with Gasteiger partial charge in [-0.05, 0) is 27.7 Å². The summed E-state index contributed by atoms with van der Waals surface area (Å²) in [7, 11) is 0. The topological polar surface area (TPSA) is 55.6 Å². The zero-order chi connectivity index (χ0) is 11.7. The lowest BCUT2D eigenvalue weighted by molar-refractivity contribution is -0.147. The van der Waals surface area contributed by atoms with Crippen LogP contribution in [-0.4, -0.2) is 41.6 Å². The van der Waals surface area contributed by atoms with E-state index >= 15 is 0 Å². The van der Waals surface area contributed by atoms with Crippen LogP contribution in [0.4, 0.5) is 0 Å². The number of hydrogen-bond donors (Lipinski definition) is 1. The van der Waals surface area contributed by atoms with Crippen LogP contribution in [0.3, 0.4) is 0 Å². The first-order valence-corrected chi connectivity index (χ1v) is 5.39. The van der Waals surface area contributed by atoms with Gasteiger partial charge in [-0.2, -0.15) is 0 Å². The zero-order valence-electron chi connectivity index (χ0n) is 10.2. The molecule has 2 N–H and O–H groups in total. The van der Waals surface area contributed by atoms with E-state index in [4.69, 9.17) is 10.5 Å². The lowest BCUT2D eigenvalue weighted by atomic mass is 9.97. The summed E-state index contributed by atoms with van der Waals surface area (Å²) >= 11 is 0. The number of ether oxygens (including phenoxy) is 1. The molecular formula is C11H22N2O2. The molecule has 0 aromatic rings. The van der Waals surface area contributed by atoms with E-state index in [0.717, 1.165) is 0 Å². The molecule has 0 atom stereocenters. The van der Waals surface area contributed by atoms with E-state index in [0.29, 0.717) is 26.2 Å². The van der Waals surface area contributed by atoms with Gasteiger partial charge in [0.25, 0.3) is 0 Å². The molecule has 88 valence electrons. The molecule has 4 heteroatoms. The fourth-order valence-electron chi connectivity index (χ4n) is 1.81. The van der Waals surface area contributed by atoms with E-state index in [-0.39, 0.29) is 11.4 Å². The molecule has 0 aromatic heterocycles. The van der Waals surface area contributed by atoms with Crippen LogP contribution in [0.2, 0.25) is 0 Å². The molecule has 0 saturated carbocycles. The van der Waals surface area contributed by atoms with Crippen LogP contribution in [0.15, 0.2) is 0 Å². The predicted octanol–water partition coefficient (Wildman–Crippen LogP) is 0.751. The standard InChI is InChI=1S/C11H22N2O2/c1-10(2,12)7-9(14)13-5-6-15-8-11(13,3)4/h5-8,12H2,1-4H3. The molecule has 1 rings (SSSR count). The summed E-state index contributed by atoms with van der Waals surface area (Å²) in [5.74, 6) is 0.121. The average molecular weight is 214 g/mol. The van der Waals surface area contributed by atoms with Crippen LogP contribution in [-0.2, 0) is 9.53 Å². The summed E-state index contributed by atoms with van der Waals surface area (Å²) < 4.78 is 5.37. The predicted molar refractivity (Wildman–Crippen MR) is 59.5 cm³/mol. The first-order chi connectivity index (χ1) is 6.72. The minimum atomic E-state index is -0.439. The second kappa shape index (κ2) is 4.10. The zero-order valence-corrected chi connectivity index (χ0v) is 10.2. The number of nitrogens with two attached hydrogens (primary N) is 1. The number of rotatable bonds is 2. The van der Waals surface area contributed by atoms with E-state index in [1.807, 2.05) is 32.6 Å². The highest BCUT2D eigenvalue weighted by Gasteiger charge is 2.35. The smallest absolute Gasteiger partial charge is 0.224 e. The Bertz CT molecular complexity index is 243. The van der Waals surface area contributed by atoms with E-state index in [2.05, 4.69) is 0 Å². The molecule has 0 aliphatic carbocycles. The lowest BCUT2D eigenvalue weighted by Gasteiger charge is -2.43. The third kappa shape index (κ3) is 3.47. The second-order valence-electron chi connectivity index (χ2n) is 5.58. The lowest BCUT2D eigenvalue weighted by Crippen LogP contribution is -2.57. The van der Waals surface area contributed by atoms with Crippen LogP contribution in [0.5, 0.6) is 0 Å². The molecule has 1 aliphatic rings. The Kier molecular flexibility index (Phi) is 3.41. The fourth-order valence-corrected chi connectivity index (χ4v) is 1.81. The SMILES string of the molecule is CC(C)(N)CC(=O)N1CCOCC1(C)C. The quantitative estimate of drug-likeness (QED) is 0.738. The number of hydrogen-bond acceptors (Lipinski definition) is 3. The van der Waals surface area contributed by atoms with Crippen LogP contribution in [0.1, 0.15) is 34.1 Å². The van der Waals surface area contributed by atoms with Gasteiger partial charge in [0.1, 0.15) is 0 Å². The molecule has 0 unspecified atom stereocenters. The number of morpholine rings is 1. The van der Waals surface area contributed by atoms with Crippen molar-refractivity contribution in [3.05, 3.63) is 0 Å². The number of nitrogens with zero attached hydrogens (tertiary/aromatic N) is 1. The van der Waals surface area contributed by atoms with Crippen molar-refractivity contribution in [3.63, 3.8) is 0 Å². The molecule has 4 nitrogen and oxygen atoms in total. The van der Waals surface area contributed by atoms with Gasteiger partial charge in [0.2, 0.25) is 5.91 Å². The molecule has 0 aromatic carbocycles. The monoisotopic (exact) mass is 214 g/mol. The van der Waals surface area contributed by atoms with E-state index in [1.165, 1.54) is 0 Å². The van der Waals surface area contributed by atoms with Crippen LogP contribution >= 0.6 is 0 Å². The third-order valence-corrected chi connectivity index (χ3v) is 2.55. The summed E-state index contributed by atoms with van der Waals surface area (Å²) in [6.07, 6.45) is 0.385. The van der Waals surface area contributed by atoms with Gasteiger partial charge >= 0.3 is 0 Å². The second-order valence-corrected chi connectivity index (χ2v) is 5.58. The van der Waals surface area contributed by atoms with Gasteiger partial charge in [-0.25, -0.2) is 0 Å². The highest BCUT2D eigenvalue weighted by molar-refractivity contribution is 5.78. The van der Waals surface area contributed by atoms with E-state index < -0.39 is 5.54 Å². The van der Waals surface area contributed by atoms with Crippen molar-refractivity contribution in [2.45, 2.75) is 45.2 Å². The van der Waals surface area contributed by atoms with Crippen molar-refractivity contribution >= 4 is 5.91 Å². The minimum Gasteiger partial charge on any atom is -0.377 e. The molecule has 0 bridgehead atoms. The summed E-state index contributed by atoms with van der Waals surface area (Å²) in [4.78, 5) is 13.9. The Balaban J connectivity index is 2.65. The Morgan fingerprint density at radius 3 is 2.60 bits per heavy atom. The van der Waals surface area contributed by atoms with Crippen LogP contribution < -0.4 is 5.73 Å². The number of carbonyl (C=O) groups excluding carboxylic acids is 1. The Hall–Kier alpha value is -0.610. The summed E-state index contributed by atoms with van der Waals surface area (Å²) in [5, 5.41) is 0. The molecule has 1 heterocycles. The normalized spacial score (nSPS) is 21.5. The molecule has 1 saturated heterocycles. The van der Waals surface area contributed by atoms with E-state index in [1.54, 1.807) is 0 Å². The molecule has 0 radical (unpaired) electrons. The molecule has 1 fully saturated rings. The van der Waals surface area contributed by atoms with Crippen molar-refractivity contribution in [2.75, 3.05) is 19.8 Å². The first-order valence-electron chi connectivity index (χ1n) is 5.39. The van der Waals surface area contributed by atoms with Crippen molar-refractivity contribution in [3.8, 4) is 0 Å². The van der Waals surface area contributed by atoms with Crippen molar-refractivity contribution in [2.24, 2.45) is 5.73 Å².